The predicted octanol–water partition coefficient (Wildman–Crippen LogP) is -0.536. The molecular weight excluding hydrogens is 276 g/mol. The van der Waals surface area contributed by atoms with E-state index in [0.717, 1.165) is 6.42 Å². The van der Waals surface area contributed by atoms with Gasteiger partial charge in [0.1, 0.15) is 5.76 Å². The second-order valence-electron chi connectivity index (χ2n) is 4.75. The highest BCUT2D eigenvalue weighted by Gasteiger charge is 2.33. The highest BCUT2D eigenvalue weighted by Crippen LogP contribution is 2.16. The van der Waals surface area contributed by atoms with Gasteiger partial charge in [-0.1, -0.05) is 6.92 Å². The van der Waals surface area contributed by atoms with Crippen molar-refractivity contribution >= 4 is 17.7 Å². The summed E-state index contributed by atoms with van der Waals surface area (Å²) in [5, 5.41) is 0. The fraction of sp³-hybridized carbons (Fsp3) is 0.462. The van der Waals surface area contributed by atoms with Crippen LogP contribution >= 0.6 is 0 Å². The lowest BCUT2D eigenvalue weighted by Crippen LogP contribution is -2.54. The molecule has 0 radical (unpaired) electrons. The Morgan fingerprint density at radius 3 is 2.67 bits per heavy atom. The Bertz CT molecular complexity index is 554. The third-order valence-electron chi connectivity index (χ3n) is 3.35. The van der Waals surface area contributed by atoms with Crippen LogP contribution in [0, 0.1) is 0 Å². The Kier molecular flexibility index (Phi) is 4.59. The van der Waals surface area contributed by atoms with Gasteiger partial charge in [0, 0.05) is 19.6 Å². The van der Waals surface area contributed by atoms with Gasteiger partial charge in [-0.25, -0.2) is 5.84 Å². The smallest absolute Gasteiger partial charge is 0.312 e. The molecule has 8 heteroatoms. The van der Waals surface area contributed by atoms with Gasteiger partial charge in [0.25, 0.3) is 5.91 Å². The standard InChI is InChI=1S/C13H18N4O4/c1-2-4-16-5-6-17(13(20)12(16)19)8-10-9(3-7-21-10)11(18)15-14/h3,7H,2,4-6,8,14H2,1H3,(H,15,18). The monoisotopic (exact) mass is 294 g/mol. The van der Waals surface area contributed by atoms with Crippen LogP contribution in [0.5, 0.6) is 0 Å². The lowest BCUT2D eigenvalue weighted by Gasteiger charge is -2.33. The van der Waals surface area contributed by atoms with Crippen molar-refractivity contribution in [2.24, 2.45) is 5.84 Å². The first-order valence-corrected chi connectivity index (χ1v) is 6.74. The van der Waals surface area contributed by atoms with Gasteiger partial charge in [-0.3, -0.25) is 19.8 Å². The van der Waals surface area contributed by atoms with Crippen molar-refractivity contribution in [3.05, 3.63) is 23.7 Å². The van der Waals surface area contributed by atoms with E-state index in [0.29, 0.717) is 25.4 Å². The summed E-state index contributed by atoms with van der Waals surface area (Å²) < 4.78 is 5.21. The fourth-order valence-electron chi connectivity index (χ4n) is 2.27. The number of hydrogen-bond acceptors (Lipinski definition) is 5. The summed E-state index contributed by atoms with van der Waals surface area (Å²) in [6.07, 6.45) is 2.15. The van der Waals surface area contributed by atoms with Crippen LogP contribution in [-0.2, 0) is 16.1 Å². The Morgan fingerprint density at radius 2 is 2.00 bits per heavy atom. The summed E-state index contributed by atoms with van der Waals surface area (Å²) in [7, 11) is 0. The van der Waals surface area contributed by atoms with Crippen molar-refractivity contribution in [3.63, 3.8) is 0 Å². The van der Waals surface area contributed by atoms with Gasteiger partial charge in [-0.15, -0.1) is 0 Å². The predicted molar refractivity (Wildman–Crippen MR) is 72.6 cm³/mol. The molecule has 21 heavy (non-hydrogen) atoms. The van der Waals surface area contributed by atoms with Gasteiger partial charge < -0.3 is 14.2 Å². The first-order valence-electron chi connectivity index (χ1n) is 6.74. The molecule has 1 aliphatic heterocycles. The number of piperazine rings is 1. The topological polar surface area (TPSA) is 109 Å². The number of hydrogen-bond donors (Lipinski definition) is 2. The minimum atomic E-state index is -0.579. The van der Waals surface area contributed by atoms with Crippen LogP contribution in [0.1, 0.15) is 29.5 Å². The third-order valence-corrected chi connectivity index (χ3v) is 3.35. The van der Waals surface area contributed by atoms with E-state index in [-0.39, 0.29) is 12.1 Å². The number of carbonyl (C=O) groups is 3. The molecule has 1 aromatic rings. The molecule has 0 unspecified atom stereocenters. The molecule has 2 rings (SSSR count). The summed E-state index contributed by atoms with van der Waals surface area (Å²) in [4.78, 5) is 38.4. The number of amides is 3. The molecule has 1 aliphatic rings. The van der Waals surface area contributed by atoms with Crippen molar-refractivity contribution in [2.75, 3.05) is 19.6 Å². The highest BCUT2D eigenvalue weighted by atomic mass is 16.3. The first-order chi connectivity index (χ1) is 10.1. The number of furan rings is 1. The van der Waals surface area contributed by atoms with Gasteiger partial charge in [-0.2, -0.15) is 0 Å². The van der Waals surface area contributed by atoms with Crippen molar-refractivity contribution in [1.82, 2.24) is 15.2 Å². The minimum absolute atomic E-state index is 0.0697. The number of nitrogens with zero attached hydrogens (tertiary/aromatic N) is 2. The van der Waals surface area contributed by atoms with Crippen molar-refractivity contribution < 1.29 is 18.8 Å². The molecule has 2 heterocycles. The van der Waals surface area contributed by atoms with Crippen LogP contribution in [0.25, 0.3) is 0 Å². The van der Waals surface area contributed by atoms with E-state index in [2.05, 4.69) is 0 Å². The second-order valence-corrected chi connectivity index (χ2v) is 4.75. The van der Waals surface area contributed by atoms with Gasteiger partial charge >= 0.3 is 11.8 Å². The summed E-state index contributed by atoms with van der Waals surface area (Å²) in [5.41, 5.74) is 2.27. The molecule has 0 spiro atoms. The molecule has 0 atom stereocenters. The fourth-order valence-corrected chi connectivity index (χ4v) is 2.27. The molecule has 1 aromatic heterocycles. The summed E-state index contributed by atoms with van der Waals surface area (Å²) in [6, 6.07) is 1.47. The third kappa shape index (κ3) is 3.05. The van der Waals surface area contributed by atoms with E-state index in [1.54, 1.807) is 0 Å². The highest BCUT2D eigenvalue weighted by molar-refractivity contribution is 6.35. The molecule has 3 N–H and O–H groups in total. The van der Waals surface area contributed by atoms with Gasteiger partial charge in [-0.05, 0) is 12.5 Å². The Hall–Kier alpha value is -2.35. The number of nitrogen functional groups attached to an aromatic ring is 1. The Labute approximate surface area is 121 Å². The SMILES string of the molecule is CCCN1CCN(Cc2occc2C(=O)NN)C(=O)C1=O. The molecular formula is C13H18N4O4. The molecule has 0 saturated carbocycles. The molecule has 1 fully saturated rings. The van der Waals surface area contributed by atoms with Crippen molar-refractivity contribution in [1.29, 1.82) is 0 Å². The average Bonchev–Trinajstić information content (AvgIpc) is 2.94. The number of nitrogens with two attached hydrogens (primary N) is 1. The zero-order valence-corrected chi connectivity index (χ0v) is 11.8. The average molecular weight is 294 g/mol. The van der Waals surface area contributed by atoms with Crippen LogP contribution in [0.2, 0.25) is 0 Å². The Balaban J connectivity index is 2.08. The lowest BCUT2D eigenvalue weighted by molar-refractivity contribution is -0.156. The maximum Gasteiger partial charge on any atom is 0.312 e. The quantitative estimate of drug-likeness (QED) is 0.328. The molecule has 0 aliphatic carbocycles. The maximum absolute atomic E-state index is 12.1. The normalized spacial score (nSPS) is 15.5. The molecule has 3 amide bonds. The van der Waals surface area contributed by atoms with Crippen LogP contribution in [0.4, 0.5) is 0 Å². The zero-order valence-electron chi connectivity index (χ0n) is 11.8. The minimum Gasteiger partial charge on any atom is -0.467 e. The molecule has 0 bridgehead atoms. The maximum atomic E-state index is 12.1. The number of hydrazine groups is 1. The Morgan fingerprint density at radius 1 is 1.33 bits per heavy atom. The van der Waals surface area contributed by atoms with E-state index in [1.165, 1.54) is 22.1 Å². The largest absolute Gasteiger partial charge is 0.467 e. The van der Waals surface area contributed by atoms with Crippen LogP contribution in [-0.4, -0.2) is 47.2 Å². The van der Waals surface area contributed by atoms with Gasteiger partial charge in [0.15, 0.2) is 0 Å². The first kappa shape index (κ1) is 15.0. The van der Waals surface area contributed by atoms with E-state index in [4.69, 9.17) is 10.3 Å². The van der Waals surface area contributed by atoms with E-state index in [9.17, 15) is 14.4 Å². The van der Waals surface area contributed by atoms with E-state index < -0.39 is 17.7 Å². The number of rotatable bonds is 5. The van der Waals surface area contributed by atoms with Gasteiger partial charge in [0.05, 0.1) is 18.4 Å². The molecule has 8 nitrogen and oxygen atoms in total. The van der Waals surface area contributed by atoms with Gasteiger partial charge in [0.2, 0.25) is 0 Å². The van der Waals surface area contributed by atoms with E-state index >= 15 is 0 Å². The molecule has 0 aromatic carbocycles. The summed E-state index contributed by atoms with van der Waals surface area (Å²) >= 11 is 0. The van der Waals surface area contributed by atoms with E-state index in [1.807, 2.05) is 12.3 Å². The van der Waals surface area contributed by atoms with Crippen LogP contribution in [0.15, 0.2) is 16.7 Å². The lowest BCUT2D eigenvalue weighted by atomic mass is 10.2. The second kappa shape index (κ2) is 6.40. The molecule has 114 valence electrons. The van der Waals surface area contributed by atoms with Crippen LogP contribution < -0.4 is 11.3 Å². The summed E-state index contributed by atoms with van der Waals surface area (Å²) in [6.45, 7) is 3.48. The molecule has 1 saturated heterocycles. The van der Waals surface area contributed by atoms with Crippen LogP contribution in [0.3, 0.4) is 0 Å². The number of nitrogens with one attached hydrogen (secondary N) is 1. The zero-order chi connectivity index (χ0) is 15.4. The number of carbonyl (C=O) groups excluding carboxylic acids is 3. The summed E-state index contributed by atoms with van der Waals surface area (Å²) in [5.74, 6) is 3.80. The van der Waals surface area contributed by atoms with Crippen molar-refractivity contribution in [3.8, 4) is 0 Å². The van der Waals surface area contributed by atoms with Crippen molar-refractivity contribution in [2.45, 2.75) is 19.9 Å².